The number of carbonyl (C=O) groups is 2. The number of aryl methyl sites for hydroxylation is 1. The highest BCUT2D eigenvalue weighted by Crippen LogP contribution is 2.50. The Morgan fingerprint density at radius 1 is 0.791 bits per heavy atom. The van der Waals surface area contributed by atoms with Crippen LogP contribution in [0.5, 0.6) is 17.2 Å². The number of Topliss-reactive ketones (excluding diaryl/α,β-unsaturated/α-hetero) is 1. The van der Waals surface area contributed by atoms with Gasteiger partial charge >= 0.3 is 0 Å². The molecule has 0 saturated heterocycles. The second kappa shape index (κ2) is 11.7. The lowest BCUT2D eigenvalue weighted by molar-refractivity contribution is -0.116. The zero-order valence-electron chi connectivity index (χ0n) is 24.7. The van der Waals surface area contributed by atoms with Gasteiger partial charge in [0.15, 0.2) is 17.3 Å². The number of allylic oxidation sites excluding steroid dienone is 1. The Kier molecular flexibility index (Phi) is 7.63. The summed E-state index contributed by atoms with van der Waals surface area (Å²) in [7, 11) is 4.66. The zero-order chi connectivity index (χ0) is 30.1. The second-order valence-electron chi connectivity index (χ2n) is 10.9. The lowest BCUT2D eigenvalue weighted by atomic mass is 9.78. The number of hydrogen-bond acceptors (Lipinski definition) is 6. The lowest BCUT2D eigenvalue weighted by Gasteiger charge is -2.35. The van der Waals surface area contributed by atoms with Gasteiger partial charge in [0, 0.05) is 23.3 Å². The summed E-state index contributed by atoms with van der Waals surface area (Å²) in [5.74, 6) is 1.08. The van der Waals surface area contributed by atoms with E-state index in [1.807, 2.05) is 54.6 Å². The van der Waals surface area contributed by atoms with Gasteiger partial charge < -0.3 is 19.5 Å². The summed E-state index contributed by atoms with van der Waals surface area (Å²) in [5, 5.41) is 3.60. The van der Waals surface area contributed by atoms with Crippen LogP contribution in [0.3, 0.4) is 0 Å². The molecule has 2 atom stereocenters. The van der Waals surface area contributed by atoms with Crippen molar-refractivity contribution in [3.8, 4) is 17.2 Å². The van der Waals surface area contributed by atoms with Crippen molar-refractivity contribution in [1.82, 2.24) is 0 Å². The van der Waals surface area contributed by atoms with Crippen LogP contribution in [0.2, 0.25) is 0 Å². The van der Waals surface area contributed by atoms with E-state index in [9.17, 15) is 9.59 Å². The maximum atomic E-state index is 14.5. The number of ketones is 1. The molecule has 1 N–H and O–H groups in total. The van der Waals surface area contributed by atoms with Crippen LogP contribution in [0, 0.1) is 6.92 Å². The van der Waals surface area contributed by atoms with E-state index in [0.717, 1.165) is 16.9 Å². The van der Waals surface area contributed by atoms with Gasteiger partial charge in [-0.3, -0.25) is 14.5 Å². The second-order valence-corrected chi connectivity index (χ2v) is 10.9. The number of fused-ring (bicyclic) bond motifs is 1. The summed E-state index contributed by atoms with van der Waals surface area (Å²) in [5.41, 5.74) is 6.26. The number of ether oxygens (including phenoxy) is 3. The number of nitrogens with zero attached hydrogens (tertiary/aromatic N) is 1. The summed E-state index contributed by atoms with van der Waals surface area (Å²) in [6.07, 6.45) is 0.945. The molecule has 0 fully saturated rings. The molecule has 43 heavy (non-hydrogen) atoms. The number of hydrogen-bond donors (Lipinski definition) is 1. The molecule has 0 saturated carbocycles. The van der Waals surface area contributed by atoms with Crippen molar-refractivity contribution in [3.63, 3.8) is 0 Å². The minimum absolute atomic E-state index is 0.00322. The van der Waals surface area contributed by atoms with E-state index in [1.165, 1.54) is 5.56 Å². The molecular formula is C36H34N2O5. The van der Waals surface area contributed by atoms with Crippen LogP contribution in [0.4, 0.5) is 11.4 Å². The van der Waals surface area contributed by atoms with Crippen molar-refractivity contribution < 1.29 is 23.8 Å². The van der Waals surface area contributed by atoms with Gasteiger partial charge in [-0.2, -0.15) is 0 Å². The fraction of sp³-hybridized carbons (Fsp3) is 0.222. The van der Waals surface area contributed by atoms with Gasteiger partial charge in [0.25, 0.3) is 5.91 Å². The van der Waals surface area contributed by atoms with E-state index in [4.69, 9.17) is 14.2 Å². The number of amides is 1. The van der Waals surface area contributed by atoms with Gasteiger partial charge in [-0.25, -0.2) is 0 Å². The molecule has 7 heteroatoms. The third-order valence-corrected chi connectivity index (χ3v) is 8.28. The van der Waals surface area contributed by atoms with Crippen molar-refractivity contribution >= 4 is 23.1 Å². The molecule has 1 amide bonds. The van der Waals surface area contributed by atoms with E-state index in [0.29, 0.717) is 52.5 Å². The zero-order valence-corrected chi connectivity index (χ0v) is 24.7. The number of methoxy groups -OCH3 is 3. The van der Waals surface area contributed by atoms with E-state index < -0.39 is 6.04 Å². The van der Waals surface area contributed by atoms with Gasteiger partial charge in [0.2, 0.25) is 5.75 Å². The maximum absolute atomic E-state index is 14.5. The number of nitrogens with one attached hydrogen (secondary N) is 1. The van der Waals surface area contributed by atoms with Crippen LogP contribution in [0.25, 0.3) is 0 Å². The quantitative estimate of drug-likeness (QED) is 0.262. The van der Waals surface area contributed by atoms with Crippen LogP contribution >= 0.6 is 0 Å². The highest BCUT2D eigenvalue weighted by molar-refractivity contribution is 6.12. The molecule has 0 radical (unpaired) electrons. The Bertz CT molecular complexity index is 1690. The van der Waals surface area contributed by atoms with E-state index >= 15 is 0 Å². The van der Waals surface area contributed by atoms with Gasteiger partial charge in [0.1, 0.15) is 0 Å². The fourth-order valence-corrected chi connectivity index (χ4v) is 6.18. The van der Waals surface area contributed by atoms with Crippen molar-refractivity contribution in [2.75, 3.05) is 31.5 Å². The molecule has 7 nitrogen and oxygen atoms in total. The molecule has 0 bridgehead atoms. The van der Waals surface area contributed by atoms with E-state index in [1.54, 1.807) is 38.4 Å². The van der Waals surface area contributed by atoms with Gasteiger partial charge in [-0.1, -0.05) is 60.2 Å². The average Bonchev–Trinajstić information content (AvgIpc) is 3.19. The normalized spacial score (nSPS) is 17.8. The smallest absolute Gasteiger partial charge is 0.259 e. The van der Waals surface area contributed by atoms with Gasteiger partial charge in [0.05, 0.1) is 38.7 Å². The molecule has 4 aromatic rings. The van der Waals surface area contributed by atoms with Crippen molar-refractivity contribution in [3.05, 3.63) is 125 Å². The van der Waals surface area contributed by atoms with Crippen molar-refractivity contribution in [2.24, 2.45) is 0 Å². The Hall–Kier alpha value is -5.04. The van der Waals surface area contributed by atoms with Crippen molar-refractivity contribution in [1.29, 1.82) is 0 Å². The molecule has 218 valence electrons. The predicted molar refractivity (Wildman–Crippen MR) is 167 cm³/mol. The number of benzene rings is 4. The molecule has 0 aromatic heterocycles. The molecule has 6 rings (SSSR count). The Labute approximate surface area is 251 Å². The van der Waals surface area contributed by atoms with Crippen LogP contribution in [0.15, 0.2) is 102 Å². The topological polar surface area (TPSA) is 77.1 Å². The Morgan fingerprint density at radius 3 is 2.09 bits per heavy atom. The van der Waals surface area contributed by atoms with E-state index in [2.05, 4.69) is 36.5 Å². The summed E-state index contributed by atoms with van der Waals surface area (Å²) in [6, 6.07) is 28.1. The first-order valence-corrected chi connectivity index (χ1v) is 14.3. The first kappa shape index (κ1) is 28.1. The highest BCUT2D eigenvalue weighted by Gasteiger charge is 2.42. The molecule has 1 aliphatic carbocycles. The molecule has 4 aromatic carbocycles. The van der Waals surface area contributed by atoms with Crippen LogP contribution < -0.4 is 24.4 Å². The van der Waals surface area contributed by atoms with Crippen LogP contribution in [-0.4, -0.2) is 33.0 Å². The number of rotatable bonds is 6. The van der Waals surface area contributed by atoms with Crippen molar-refractivity contribution in [2.45, 2.75) is 31.7 Å². The third kappa shape index (κ3) is 5.12. The SMILES string of the molecule is COc1cc(C2C3=C(CC(c4ccc(C)cc4)CC3=O)Nc3ccccc3N2C(=O)c2ccccc2)cc(OC)c1OC. The molecular weight excluding hydrogens is 540 g/mol. The monoisotopic (exact) mass is 574 g/mol. The highest BCUT2D eigenvalue weighted by atomic mass is 16.5. The average molecular weight is 575 g/mol. The van der Waals surface area contributed by atoms with Gasteiger partial charge in [-0.05, 0) is 66.8 Å². The van der Waals surface area contributed by atoms with Crippen LogP contribution in [0.1, 0.15) is 51.8 Å². The molecule has 0 spiro atoms. The molecule has 1 heterocycles. The Balaban J connectivity index is 1.61. The van der Waals surface area contributed by atoms with E-state index in [-0.39, 0.29) is 17.6 Å². The minimum atomic E-state index is -0.765. The molecule has 1 aliphatic heterocycles. The third-order valence-electron chi connectivity index (χ3n) is 8.28. The molecule has 2 aliphatic rings. The maximum Gasteiger partial charge on any atom is 0.259 e. The van der Waals surface area contributed by atoms with Crippen LogP contribution in [-0.2, 0) is 4.79 Å². The fourth-order valence-electron chi connectivity index (χ4n) is 6.18. The largest absolute Gasteiger partial charge is 0.493 e. The Morgan fingerprint density at radius 2 is 1.44 bits per heavy atom. The first-order chi connectivity index (χ1) is 20.9. The van der Waals surface area contributed by atoms with Gasteiger partial charge in [-0.15, -0.1) is 0 Å². The minimum Gasteiger partial charge on any atom is -0.493 e. The number of anilines is 2. The summed E-state index contributed by atoms with van der Waals surface area (Å²) < 4.78 is 17.0. The number of carbonyl (C=O) groups excluding carboxylic acids is 2. The first-order valence-electron chi connectivity index (χ1n) is 14.3. The summed E-state index contributed by atoms with van der Waals surface area (Å²) in [4.78, 5) is 30.6. The standard InChI is InChI=1S/C36H34N2O5/c1-22-14-16-23(17-15-22)25-18-28-33(30(39)19-25)34(26-20-31(41-2)35(43-4)32(21-26)42-3)38(29-13-9-8-12-27(29)37-28)36(40)24-10-6-5-7-11-24/h5-17,20-21,25,34,37H,18-19H2,1-4H3. The number of para-hydroxylation sites is 2. The lowest BCUT2D eigenvalue weighted by Crippen LogP contribution is -2.38. The predicted octanol–water partition coefficient (Wildman–Crippen LogP) is 7.24. The molecule has 2 unspecified atom stereocenters. The summed E-state index contributed by atoms with van der Waals surface area (Å²) >= 11 is 0. The summed E-state index contributed by atoms with van der Waals surface area (Å²) in [6.45, 7) is 2.06.